The van der Waals surface area contributed by atoms with E-state index in [9.17, 15) is 14.9 Å². The molecular formula is C18H22N2O2Si. The Hall–Kier alpha value is -2.19. The largest absolute Gasteiger partial charge is 0.269 e. The summed E-state index contributed by atoms with van der Waals surface area (Å²) in [6.45, 7) is 10.9. The van der Waals surface area contributed by atoms with Gasteiger partial charge in [0.2, 0.25) is 0 Å². The van der Waals surface area contributed by atoms with E-state index in [0.717, 1.165) is 0 Å². The number of hydrogen-bond donors (Lipinski definition) is 0. The Labute approximate surface area is 138 Å². The van der Waals surface area contributed by atoms with Crippen LogP contribution in [0.4, 0.5) is 0 Å². The molecule has 1 aliphatic rings. The van der Waals surface area contributed by atoms with Gasteiger partial charge in [-0.15, -0.1) is 0 Å². The summed E-state index contributed by atoms with van der Waals surface area (Å²) >= 11 is 0. The molecule has 120 valence electrons. The van der Waals surface area contributed by atoms with Crippen molar-refractivity contribution in [1.29, 1.82) is 5.26 Å². The highest BCUT2D eigenvalue weighted by atomic mass is 28.3. The second kappa shape index (κ2) is 5.78. The zero-order chi connectivity index (χ0) is 17.4. The first-order valence-corrected chi connectivity index (χ1v) is 10.7. The third-order valence-corrected chi connectivity index (χ3v) is 9.75. The minimum Gasteiger partial charge on any atom is -0.269 e. The molecule has 0 radical (unpaired) electrons. The second-order valence-corrected chi connectivity index (χ2v) is 12.7. The van der Waals surface area contributed by atoms with Crippen LogP contribution in [0.15, 0.2) is 35.5 Å². The Morgan fingerprint density at radius 3 is 2.04 bits per heavy atom. The predicted molar refractivity (Wildman–Crippen MR) is 92.7 cm³/mol. The lowest BCUT2D eigenvalue weighted by atomic mass is 10.1. The maximum Gasteiger partial charge on any atom is 0.261 e. The Bertz CT molecular complexity index is 701. The normalized spacial score (nSPS) is 15.7. The van der Waals surface area contributed by atoms with Gasteiger partial charge in [0.05, 0.1) is 31.8 Å². The van der Waals surface area contributed by atoms with Crippen molar-refractivity contribution in [3.8, 4) is 6.07 Å². The second-order valence-electron chi connectivity index (χ2n) is 7.50. The average molecular weight is 326 g/mol. The van der Waals surface area contributed by atoms with Crippen molar-refractivity contribution in [2.75, 3.05) is 6.54 Å². The summed E-state index contributed by atoms with van der Waals surface area (Å²) in [5, 5.41) is 9.55. The van der Waals surface area contributed by atoms with Gasteiger partial charge >= 0.3 is 0 Å². The number of nitriles is 1. The highest BCUT2D eigenvalue weighted by Gasteiger charge is 2.37. The Morgan fingerprint density at radius 1 is 1.17 bits per heavy atom. The van der Waals surface area contributed by atoms with Crippen LogP contribution in [0.25, 0.3) is 0 Å². The molecule has 0 fully saturated rings. The molecule has 0 aliphatic carbocycles. The van der Waals surface area contributed by atoms with Gasteiger partial charge in [-0.05, 0) is 17.2 Å². The smallest absolute Gasteiger partial charge is 0.261 e. The minimum atomic E-state index is -1.82. The van der Waals surface area contributed by atoms with Crippen LogP contribution < -0.4 is 0 Å². The number of benzene rings is 1. The van der Waals surface area contributed by atoms with Gasteiger partial charge in [0.15, 0.2) is 0 Å². The molecule has 0 saturated heterocycles. The van der Waals surface area contributed by atoms with Crippen LogP contribution in [0.3, 0.4) is 0 Å². The van der Waals surface area contributed by atoms with Crippen LogP contribution in [-0.2, 0) is 0 Å². The standard InChI is InChI=1S/C18H22N2O2Si/c1-18(2,3)23(4,5)12-13(10-19)11-20-16(21)14-8-6-7-9-15(14)17(20)22/h6-9,12H,11H2,1-5H3/b13-12-. The van der Waals surface area contributed by atoms with Gasteiger partial charge in [-0.1, -0.05) is 51.7 Å². The molecule has 1 aliphatic heterocycles. The molecule has 0 saturated carbocycles. The van der Waals surface area contributed by atoms with Crippen molar-refractivity contribution in [1.82, 2.24) is 4.90 Å². The molecule has 0 unspecified atom stereocenters. The third-order valence-electron chi connectivity index (χ3n) is 4.82. The van der Waals surface area contributed by atoms with Crippen LogP contribution in [0.2, 0.25) is 18.1 Å². The van der Waals surface area contributed by atoms with Crippen molar-refractivity contribution in [3.63, 3.8) is 0 Å². The number of carbonyl (C=O) groups is 2. The summed E-state index contributed by atoms with van der Waals surface area (Å²) in [7, 11) is -1.82. The Balaban J connectivity index is 2.31. The minimum absolute atomic E-state index is 0.0509. The number of rotatable bonds is 3. The highest BCUT2D eigenvalue weighted by molar-refractivity contribution is 6.84. The number of fused-ring (bicyclic) bond motifs is 1. The van der Waals surface area contributed by atoms with Gasteiger partial charge in [-0.2, -0.15) is 5.26 Å². The molecule has 0 atom stereocenters. The van der Waals surface area contributed by atoms with E-state index in [0.29, 0.717) is 16.7 Å². The van der Waals surface area contributed by atoms with Gasteiger partial charge in [0.1, 0.15) is 0 Å². The van der Waals surface area contributed by atoms with Crippen molar-refractivity contribution >= 4 is 19.9 Å². The van der Waals surface area contributed by atoms with Crippen LogP contribution in [0.5, 0.6) is 0 Å². The molecule has 1 heterocycles. The van der Waals surface area contributed by atoms with E-state index in [1.54, 1.807) is 24.3 Å². The average Bonchev–Trinajstić information content (AvgIpc) is 2.70. The molecule has 2 rings (SSSR count). The summed E-state index contributed by atoms with van der Waals surface area (Å²) in [4.78, 5) is 26.0. The molecule has 1 aromatic rings. The monoisotopic (exact) mass is 326 g/mol. The first-order valence-electron chi connectivity index (χ1n) is 7.65. The number of nitrogens with zero attached hydrogens (tertiary/aromatic N) is 2. The van der Waals surface area contributed by atoms with Crippen molar-refractivity contribution < 1.29 is 9.59 Å². The fourth-order valence-corrected chi connectivity index (χ4v) is 3.78. The first-order chi connectivity index (χ1) is 10.6. The van der Waals surface area contributed by atoms with E-state index < -0.39 is 8.07 Å². The van der Waals surface area contributed by atoms with Gasteiger partial charge in [-0.25, -0.2) is 0 Å². The van der Waals surface area contributed by atoms with Gasteiger partial charge in [0.25, 0.3) is 11.8 Å². The molecular weight excluding hydrogens is 304 g/mol. The lowest BCUT2D eigenvalue weighted by Crippen LogP contribution is -2.37. The fourth-order valence-electron chi connectivity index (χ4n) is 2.32. The molecule has 1 aromatic carbocycles. The summed E-state index contributed by atoms with van der Waals surface area (Å²) < 4.78 is 0. The van der Waals surface area contributed by atoms with Crippen LogP contribution in [0, 0.1) is 11.3 Å². The van der Waals surface area contributed by atoms with Gasteiger partial charge in [-0.3, -0.25) is 14.5 Å². The third kappa shape index (κ3) is 3.13. The topological polar surface area (TPSA) is 61.2 Å². The maximum atomic E-state index is 12.4. The SMILES string of the molecule is CC(C)(C)[Si](C)(C)/C=C(/C#N)CN1C(=O)c2ccccc2C1=O. The molecule has 4 nitrogen and oxygen atoms in total. The van der Waals surface area contributed by atoms with Crippen molar-refractivity contribution in [2.45, 2.75) is 38.9 Å². The zero-order valence-electron chi connectivity index (χ0n) is 14.3. The Morgan fingerprint density at radius 2 is 1.65 bits per heavy atom. The molecule has 5 heteroatoms. The summed E-state index contributed by atoms with van der Waals surface area (Å²) in [6, 6.07) is 8.96. The molecule has 0 N–H and O–H groups in total. The van der Waals surface area contributed by atoms with Crippen LogP contribution >= 0.6 is 0 Å². The lowest BCUT2D eigenvalue weighted by molar-refractivity contribution is 0.0669. The van der Waals surface area contributed by atoms with E-state index >= 15 is 0 Å². The van der Waals surface area contributed by atoms with E-state index in [1.165, 1.54) is 4.90 Å². The van der Waals surface area contributed by atoms with Gasteiger partial charge < -0.3 is 0 Å². The maximum absolute atomic E-state index is 12.4. The van der Waals surface area contributed by atoms with Crippen molar-refractivity contribution in [2.24, 2.45) is 0 Å². The lowest BCUT2D eigenvalue weighted by Gasteiger charge is -2.34. The number of amides is 2. The molecule has 23 heavy (non-hydrogen) atoms. The molecule has 2 amide bonds. The van der Waals surface area contributed by atoms with E-state index in [2.05, 4.69) is 39.9 Å². The highest BCUT2D eigenvalue weighted by Crippen LogP contribution is 2.37. The van der Waals surface area contributed by atoms with Crippen molar-refractivity contribution in [3.05, 3.63) is 46.7 Å². The summed E-state index contributed by atoms with van der Waals surface area (Å²) in [6.07, 6.45) is 0. The number of hydrogen-bond acceptors (Lipinski definition) is 3. The number of imide groups is 1. The van der Waals surface area contributed by atoms with E-state index in [1.807, 2.05) is 5.70 Å². The summed E-state index contributed by atoms with van der Waals surface area (Å²) in [5.74, 6) is -0.635. The first kappa shape index (κ1) is 17.2. The summed E-state index contributed by atoms with van der Waals surface area (Å²) in [5.41, 5.74) is 3.34. The van der Waals surface area contributed by atoms with Gasteiger partial charge in [0, 0.05) is 5.57 Å². The fraction of sp³-hybridized carbons (Fsp3) is 0.389. The number of carbonyl (C=O) groups excluding carboxylic acids is 2. The van der Waals surface area contributed by atoms with Crippen LogP contribution in [0.1, 0.15) is 41.5 Å². The van der Waals surface area contributed by atoms with E-state index in [4.69, 9.17) is 0 Å². The molecule has 0 aromatic heterocycles. The zero-order valence-corrected chi connectivity index (χ0v) is 15.3. The Kier molecular flexibility index (Phi) is 4.32. The predicted octanol–water partition coefficient (Wildman–Crippen LogP) is 3.78. The molecule has 0 bridgehead atoms. The van der Waals surface area contributed by atoms with E-state index in [-0.39, 0.29) is 23.4 Å². The van der Waals surface area contributed by atoms with Crippen LogP contribution in [-0.4, -0.2) is 31.3 Å². The quantitative estimate of drug-likeness (QED) is 0.482. The molecule has 0 spiro atoms.